The third-order valence-electron chi connectivity index (χ3n) is 2.50. The van der Waals surface area contributed by atoms with Gasteiger partial charge >= 0.3 is 0 Å². The molecule has 16 heavy (non-hydrogen) atoms. The molecule has 2 rings (SSSR count). The number of nitrogens with one attached hydrogen (secondary N) is 1. The molecule has 0 atom stereocenters. The summed E-state index contributed by atoms with van der Waals surface area (Å²) in [5.41, 5.74) is 2.05. The molecule has 2 aromatic heterocycles. The van der Waals surface area contributed by atoms with Crippen molar-refractivity contribution >= 4 is 5.69 Å². The van der Waals surface area contributed by atoms with E-state index < -0.39 is 0 Å². The minimum absolute atomic E-state index is 0.728. The summed E-state index contributed by atoms with van der Waals surface area (Å²) in [5.74, 6) is 1.04. The fourth-order valence-corrected chi connectivity index (χ4v) is 1.55. The van der Waals surface area contributed by atoms with Crippen molar-refractivity contribution in [1.29, 1.82) is 0 Å². The van der Waals surface area contributed by atoms with E-state index in [1.165, 1.54) is 0 Å². The normalized spacial score (nSPS) is 10.4. The number of pyridine rings is 1. The predicted molar refractivity (Wildman–Crippen MR) is 64.2 cm³/mol. The first kappa shape index (κ1) is 10.7. The first-order chi connectivity index (χ1) is 7.79. The van der Waals surface area contributed by atoms with Gasteiger partial charge in [-0.15, -0.1) is 0 Å². The van der Waals surface area contributed by atoms with Crippen LogP contribution in [0.2, 0.25) is 0 Å². The zero-order chi connectivity index (χ0) is 11.4. The molecule has 0 aliphatic carbocycles. The Hall–Kier alpha value is -1.84. The van der Waals surface area contributed by atoms with Gasteiger partial charge in [-0.1, -0.05) is 0 Å². The lowest BCUT2D eigenvalue weighted by Gasteiger charge is -2.07. The van der Waals surface area contributed by atoms with Crippen molar-refractivity contribution in [2.24, 2.45) is 0 Å². The molecule has 84 valence electrons. The summed E-state index contributed by atoms with van der Waals surface area (Å²) in [6.07, 6.45) is 5.66. The maximum Gasteiger partial charge on any atom is 0.128 e. The van der Waals surface area contributed by atoms with Crippen molar-refractivity contribution < 1.29 is 0 Å². The second kappa shape index (κ2) is 4.79. The Morgan fingerprint density at radius 3 is 2.88 bits per heavy atom. The van der Waals surface area contributed by atoms with Crippen molar-refractivity contribution in [2.45, 2.75) is 26.9 Å². The van der Waals surface area contributed by atoms with Crippen LogP contribution in [0.5, 0.6) is 0 Å². The van der Waals surface area contributed by atoms with Crippen LogP contribution >= 0.6 is 0 Å². The number of aromatic nitrogens is 3. The van der Waals surface area contributed by atoms with Crippen LogP contribution in [0.25, 0.3) is 0 Å². The van der Waals surface area contributed by atoms with Gasteiger partial charge < -0.3 is 9.88 Å². The Bertz CT molecular complexity index is 444. The lowest BCUT2D eigenvalue weighted by molar-refractivity contribution is 0.708. The van der Waals surface area contributed by atoms with Crippen LogP contribution in [0.15, 0.2) is 30.7 Å². The van der Waals surface area contributed by atoms with Gasteiger partial charge in [-0.25, -0.2) is 4.98 Å². The molecule has 0 spiro atoms. The first-order valence-corrected chi connectivity index (χ1v) is 5.46. The average molecular weight is 216 g/mol. The highest BCUT2D eigenvalue weighted by molar-refractivity contribution is 5.40. The largest absolute Gasteiger partial charge is 0.377 e. The number of rotatable bonds is 4. The summed E-state index contributed by atoms with van der Waals surface area (Å²) in [7, 11) is 0. The van der Waals surface area contributed by atoms with Crippen LogP contribution < -0.4 is 5.32 Å². The zero-order valence-corrected chi connectivity index (χ0v) is 9.64. The van der Waals surface area contributed by atoms with Crippen molar-refractivity contribution in [1.82, 2.24) is 14.5 Å². The quantitative estimate of drug-likeness (QED) is 0.852. The average Bonchev–Trinajstić information content (AvgIpc) is 2.76. The van der Waals surface area contributed by atoms with E-state index in [-0.39, 0.29) is 0 Å². The minimum Gasteiger partial charge on any atom is -0.377 e. The molecule has 0 fully saturated rings. The van der Waals surface area contributed by atoms with Gasteiger partial charge in [0, 0.05) is 24.6 Å². The van der Waals surface area contributed by atoms with Gasteiger partial charge in [0.2, 0.25) is 0 Å². The van der Waals surface area contributed by atoms with E-state index in [2.05, 4.69) is 26.8 Å². The van der Waals surface area contributed by atoms with Gasteiger partial charge in [0.15, 0.2) is 0 Å². The molecule has 4 heteroatoms. The molecule has 0 amide bonds. The number of aryl methyl sites for hydroxylation is 2. The Balaban J connectivity index is 1.99. The van der Waals surface area contributed by atoms with E-state index >= 15 is 0 Å². The van der Waals surface area contributed by atoms with Gasteiger partial charge in [-0.05, 0) is 26.0 Å². The molecule has 4 nitrogen and oxygen atoms in total. The predicted octanol–water partition coefficient (Wildman–Crippen LogP) is 2.22. The van der Waals surface area contributed by atoms with E-state index in [9.17, 15) is 0 Å². The van der Waals surface area contributed by atoms with Crippen LogP contribution in [-0.4, -0.2) is 14.5 Å². The molecule has 0 aliphatic heterocycles. The summed E-state index contributed by atoms with van der Waals surface area (Å²) < 4.78 is 2.12. The molecule has 2 aromatic rings. The molecule has 0 unspecified atom stereocenters. The van der Waals surface area contributed by atoms with Gasteiger partial charge in [0.25, 0.3) is 0 Å². The van der Waals surface area contributed by atoms with Crippen LogP contribution in [0, 0.1) is 6.92 Å². The first-order valence-electron chi connectivity index (χ1n) is 5.46. The lowest BCUT2D eigenvalue weighted by atomic mass is 10.3. The summed E-state index contributed by atoms with van der Waals surface area (Å²) >= 11 is 0. The van der Waals surface area contributed by atoms with Crippen molar-refractivity contribution in [3.8, 4) is 0 Å². The van der Waals surface area contributed by atoms with Crippen molar-refractivity contribution in [3.63, 3.8) is 0 Å². The Morgan fingerprint density at radius 1 is 1.31 bits per heavy atom. The third-order valence-corrected chi connectivity index (χ3v) is 2.50. The van der Waals surface area contributed by atoms with Crippen LogP contribution in [0.1, 0.15) is 18.4 Å². The van der Waals surface area contributed by atoms with E-state index in [0.717, 1.165) is 30.3 Å². The highest BCUT2D eigenvalue weighted by Gasteiger charge is 2.00. The zero-order valence-electron chi connectivity index (χ0n) is 9.64. The van der Waals surface area contributed by atoms with Gasteiger partial charge in [-0.2, -0.15) is 0 Å². The number of hydrogen-bond acceptors (Lipinski definition) is 3. The molecule has 0 radical (unpaired) electrons. The Morgan fingerprint density at radius 2 is 2.19 bits per heavy atom. The second-order valence-electron chi connectivity index (χ2n) is 3.67. The van der Waals surface area contributed by atoms with E-state index in [1.807, 2.05) is 37.6 Å². The van der Waals surface area contributed by atoms with Crippen molar-refractivity contribution in [2.75, 3.05) is 5.32 Å². The SMILES string of the molecule is CCn1ccnc1CNc1ccc(C)nc1. The minimum atomic E-state index is 0.728. The molecule has 0 aliphatic rings. The fourth-order valence-electron chi connectivity index (χ4n) is 1.55. The third kappa shape index (κ3) is 2.39. The molecular formula is C12H16N4. The number of anilines is 1. The molecule has 0 bridgehead atoms. The van der Waals surface area contributed by atoms with E-state index in [0.29, 0.717) is 0 Å². The number of imidazole rings is 1. The van der Waals surface area contributed by atoms with Gasteiger partial charge in [0.05, 0.1) is 18.4 Å². The topological polar surface area (TPSA) is 42.7 Å². The molecule has 1 N–H and O–H groups in total. The van der Waals surface area contributed by atoms with E-state index in [1.54, 1.807) is 0 Å². The van der Waals surface area contributed by atoms with E-state index in [4.69, 9.17) is 0 Å². The summed E-state index contributed by atoms with van der Waals surface area (Å²) in [6.45, 7) is 5.76. The molecular weight excluding hydrogens is 200 g/mol. The van der Waals surface area contributed by atoms with Crippen LogP contribution in [-0.2, 0) is 13.1 Å². The van der Waals surface area contributed by atoms with Crippen LogP contribution in [0.3, 0.4) is 0 Å². The molecule has 2 heterocycles. The summed E-state index contributed by atoms with van der Waals surface area (Å²) in [5, 5.41) is 3.30. The Labute approximate surface area is 95.4 Å². The fraction of sp³-hybridized carbons (Fsp3) is 0.333. The van der Waals surface area contributed by atoms with Gasteiger partial charge in [0.1, 0.15) is 5.82 Å². The maximum absolute atomic E-state index is 4.30. The lowest BCUT2D eigenvalue weighted by Crippen LogP contribution is -2.07. The molecule has 0 saturated heterocycles. The highest BCUT2D eigenvalue weighted by atomic mass is 15.1. The van der Waals surface area contributed by atoms with Crippen molar-refractivity contribution in [3.05, 3.63) is 42.2 Å². The summed E-state index contributed by atoms with van der Waals surface area (Å²) in [6, 6.07) is 4.02. The van der Waals surface area contributed by atoms with Gasteiger partial charge in [-0.3, -0.25) is 4.98 Å². The standard InChI is InChI=1S/C12H16N4/c1-3-16-7-6-13-12(16)9-15-11-5-4-10(2)14-8-11/h4-8,15H,3,9H2,1-2H3. The smallest absolute Gasteiger partial charge is 0.128 e. The Kier molecular flexibility index (Phi) is 3.19. The van der Waals surface area contributed by atoms with Crippen LogP contribution in [0.4, 0.5) is 5.69 Å². The number of hydrogen-bond donors (Lipinski definition) is 1. The maximum atomic E-state index is 4.30. The second-order valence-corrected chi connectivity index (χ2v) is 3.67. The molecule has 0 aromatic carbocycles. The monoisotopic (exact) mass is 216 g/mol. The number of nitrogens with zero attached hydrogens (tertiary/aromatic N) is 3. The highest BCUT2D eigenvalue weighted by Crippen LogP contribution is 2.07. The summed E-state index contributed by atoms with van der Waals surface area (Å²) in [4.78, 5) is 8.53. The molecule has 0 saturated carbocycles.